The third kappa shape index (κ3) is 3.59. The van der Waals surface area contributed by atoms with Gasteiger partial charge in [0.25, 0.3) is 0 Å². The van der Waals surface area contributed by atoms with E-state index < -0.39 is 0 Å². The summed E-state index contributed by atoms with van der Waals surface area (Å²) in [4.78, 5) is 14.4. The number of fused-ring (bicyclic) bond motifs is 2. The van der Waals surface area contributed by atoms with Crippen molar-refractivity contribution in [3.63, 3.8) is 0 Å². The molecule has 1 atom stereocenters. The van der Waals surface area contributed by atoms with Crippen LogP contribution in [-0.4, -0.2) is 51.1 Å². The molecule has 4 nitrogen and oxygen atoms in total. The van der Waals surface area contributed by atoms with Crippen LogP contribution in [0.2, 0.25) is 0 Å². The SMILES string of the molecule is CN(C)CCNC(=O)CC1CC2(CCNCC2)c2ccccc21. The molecule has 1 aliphatic heterocycles. The zero-order valence-electron chi connectivity index (χ0n) is 14.4. The topological polar surface area (TPSA) is 44.4 Å². The number of carbonyl (C=O) groups excluding carboxylic acids is 1. The zero-order chi connectivity index (χ0) is 16.3. The van der Waals surface area contributed by atoms with Gasteiger partial charge >= 0.3 is 0 Å². The fraction of sp³-hybridized carbons (Fsp3) is 0.632. The highest BCUT2D eigenvalue weighted by atomic mass is 16.1. The van der Waals surface area contributed by atoms with E-state index in [0.717, 1.165) is 32.6 Å². The molecule has 1 aromatic rings. The van der Waals surface area contributed by atoms with E-state index in [0.29, 0.717) is 17.8 Å². The monoisotopic (exact) mass is 315 g/mol. The molecule has 2 N–H and O–H groups in total. The van der Waals surface area contributed by atoms with Gasteiger partial charge in [-0.1, -0.05) is 24.3 Å². The van der Waals surface area contributed by atoms with Gasteiger partial charge in [-0.2, -0.15) is 0 Å². The van der Waals surface area contributed by atoms with E-state index in [-0.39, 0.29) is 5.91 Å². The molecule has 1 amide bonds. The predicted octanol–water partition coefficient (Wildman–Crippen LogP) is 1.86. The summed E-state index contributed by atoms with van der Waals surface area (Å²) in [6, 6.07) is 8.81. The molecule has 23 heavy (non-hydrogen) atoms. The van der Waals surface area contributed by atoms with Crippen molar-refractivity contribution in [1.82, 2.24) is 15.5 Å². The van der Waals surface area contributed by atoms with Gasteiger partial charge in [-0.05, 0) is 68.9 Å². The number of hydrogen-bond donors (Lipinski definition) is 2. The number of amides is 1. The molecule has 0 saturated carbocycles. The molecular formula is C19H29N3O. The van der Waals surface area contributed by atoms with E-state index in [2.05, 4.69) is 39.8 Å². The van der Waals surface area contributed by atoms with Crippen molar-refractivity contribution in [2.75, 3.05) is 40.3 Å². The van der Waals surface area contributed by atoms with Crippen molar-refractivity contribution < 1.29 is 4.79 Å². The molecule has 1 heterocycles. The van der Waals surface area contributed by atoms with Crippen LogP contribution in [0.1, 0.15) is 42.7 Å². The Balaban J connectivity index is 1.68. The minimum Gasteiger partial charge on any atom is -0.355 e. The first-order valence-electron chi connectivity index (χ1n) is 8.82. The molecule has 3 rings (SSSR count). The van der Waals surface area contributed by atoms with Crippen LogP contribution in [0, 0.1) is 0 Å². The fourth-order valence-corrected chi connectivity index (χ4v) is 4.30. The molecule has 2 aliphatic rings. The lowest BCUT2D eigenvalue weighted by atomic mass is 9.73. The van der Waals surface area contributed by atoms with Crippen LogP contribution in [-0.2, 0) is 10.2 Å². The lowest BCUT2D eigenvalue weighted by molar-refractivity contribution is -0.121. The van der Waals surface area contributed by atoms with E-state index in [1.807, 2.05) is 14.1 Å². The Bertz CT molecular complexity index is 549. The van der Waals surface area contributed by atoms with Crippen LogP contribution in [0.5, 0.6) is 0 Å². The third-order valence-corrected chi connectivity index (χ3v) is 5.48. The van der Waals surface area contributed by atoms with Crippen LogP contribution < -0.4 is 10.6 Å². The number of rotatable bonds is 5. The molecular weight excluding hydrogens is 286 g/mol. The molecule has 0 aromatic heterocycles. The van der Waals surface area contributed by atoms with Crippen LogP contribution in [0.15, 0.2) is 24.3 Å². The van der Waals surface area contributed by atoms with Gasteiger partial charge in [0.1, 0.15) is 0 Å². The van der Waals surface area contributed by atoms with Gasteiger partial charge in [0, 0.05) is 19.5 Å². The van der Waals surface area contributed by atoms with Crippen LogP contribution in [0.4, 0.5) is 0 Å². The second-order valence-electron chi connectivity index (χ2n) is 7.38. The van der Waals surface area contributed by atoms with Crippen molar-refractivity contribution in [3.05, 3.63) is 35.4 Å². The summed E-state index contributed by atoms with van der Waals surface area (Å²) in [6.45, 7) is 3.81. The number of nitrogens with zero attached hydrogens (tertiary/aromatic N) is 1. The summed E-state index contributed by atoms with van der Waals surface area (Å²) < 4.78 is 0. The minimum atomic E-state index is 0.192. The molecule has 1 unspecified atom stereocenters. The van der Waals surface area contributed by atoms with Crippen molar-refractivity contribution in [3.8, 4) is 0 Å². The maximum absolute atomic E-state index is 12.3. The van der Waals surface area contributed by atoms with Gasteiger partial charge < -0.3 is 15.5 Å². The number of hydrogen-bond acceptors (Lipinski definition) is 3. The van der Waals surface area contributed by atoms with Crippen LogP contribution in [0.3, 0.4) is 0 Å². The number of nitrogens with one attached hydrogen (secondary N) is 2. The molecule has 1 aromatic carbocycles. The smallest absolute Gasteiger partial charge is 0.220 e. The Morgan fingerprint density at radius 3 is 2.78 bits per heavy atom. The first-order valence-corrected chi connectivity index (χ1v) is 8.82. The van der Waals surface area contributed by atoms with E-state index in [9.17, 15) is 4.79 Å². The second kappa shape index (κ2) is 7.02. The van der Waals surface area contributed by atoms with Gasteiger partial charge in [0.2, 0.25) is 5.91 Å². The zero-order valence-corrected chi connectivity index (χ0v) is 14.4. The van der Waals surface area contributed by atoms with Gasteiger partial charge in [-0.15, -0.1) is 0 Å². The average molecular weight is 315 g/mol. The van der Waals surface area contributed by atoms with Crippen molar-refractivity contribution in [1.29, 1.82) is 0 Å². The molecule has 4 heteroatoms. The summed E-state index contributed by atoms with van der Waals surface area (Å²) in [6.07, 6.45) is 4.15. The number of piperidine rings is 1. The third-order valence-electron chi connectivity index (χ3n) is 5.48. The van der Waals surface area contributed by atoms with Crippen LogP contribution in [0.25, 0.3) is 0 Å². The molecule has 126 valence electrons. The van der Waals surface area contributed by atoms with Crippen molar-refractivity contribution in [2.24, 2.45) is 0 Å². The summed E-state index contributed by atoms with van der Waals surface area (Å²) in [7, 11) is 4.06. The Hall–Kier alpha value is -1.39. The standard InChI is InChI=1S/C19H29N3O/c1-22(2)12-11-21-18(23)13-15-14-19(7-9-20-10-8-19)17-6-4-3-5-16(15)17/h3-6,15,20H,7-14H2,1-2H3,(H,21,23). The van der Waals surface area contributed by atoms with Gasteiger partial charge in [0.15, 0.2) is 0 Å². The minimum absolute atomic E-state index is 0.192. The first kappa shape index (κ1) is 16.5. The Morgan fingerprint density at radius 2 is 2.04 bits per heavy atom. The molecule has 1 fully saturated rings. The van der Waals surface area contributed by atoms with Crippen LogP contribution >= 0.6 is 0 Å². The quantitative estimate of drug-likeness (QED) is 0.872. The maximum atomic E-state index is 12.3. The summed E-state index contributed by atoms with van der Waals surface area (Å²) in [5, 5.41) is 6.55. The highest BCUT2D eigenvalue weighted by Gasteiger charge is 2.44. The maximum Gasteiger partial charge on any atom is 0.220 e. The first-order chi connectivity index (χ1) is 11.1. The van der Waals surface area contributed by atoms with Crippen molar-refractivity contribution in [2.45, 2.75) is 37.0 Å². The largest absolute Gasteiger partial charge is 0.355 e. The summed E-state index contributed by atoms with van der Waals surface area (Å²) >= 11 is 0. The lowest BCUT2D eigenvalue weighted by Gasteiger charge is -2.35. The highest BCUT2D eigenvalue weighted by molar-refractivity contribution is 5.77. The normalized spacial score (nSPS) is 22.3. The van der Waals surface area contributed by atoms with E-state index in [1.54, 1.807) is 0 Å². The summed E-state index contributed by atoms with van der Waals surface area (Å²) in [5.41, 5.74) is 3.22. The molecule has 0 radical (unpaired) electrons. The van der Waals surface area contributed by atoms with Gasteiger partial charge in [-0.3, -0.25) is 4.79 Å². The fourth-order valence-electron chi connectivity index (χ4n) is 4.30. The highest BCUT2D eigenvalue weighted by Crippen LogP contribution is 2.51. The number of carbonyl (C=O) groups is 1. The van der Waals surface area contributed by atoms with Gasteiger partial charge in [-0.25, -0.2) is 0 Å². The number of benzene rings is 1. The van der Waals surface area contributed by atoms with E-state index in [1.165, 1.54) is 24.0 Å². The Kier molecular flexibility index (Phi) is 5.02. The Labute approximate surface area is 139 Å². The summed E-state index contributed by atoms with van der Waals surface area (Å²) in [5.74, 6) is 0.571. The lowest BCUT2D eigenvalue weighted by Crippen LogP contribution is -2.38. The second-order valence-corrected chi connectivity index (χ2v) is 7.38. The molecule has 1 aliphatic carbocycles. The Morgan fingerprint density at radius 1 is 1.30 bits per heavy atom. The van der Waals surface area contributed by atoms with Crippen molar-refractivity contribution >= 4 is 5.91 Å². The molecule has 0 bridgehead atoms. The average Bonchev–Trinajstić information content (AvgIpc) is 2.82. The predicted molar refractivity (Wildman–Crippen MR) is 93.8 cm³/mol. The molecule has 1 spiro atoms. The van der Waals surface area contributed by atoms with Gasteiger partial charge in [0.05, 0.1) is 0 Å². The number of likely N-dealkylation sites (N-methyl/N-ethyl adjacent to an activating group) is 1. The van der Waals surface area contributed by atoms with E-state index in [4.69, 9.17) is 0 Å². The van der Waals surface area contributed by atoms with E-state index >= 15 is 0 Å². The molecule has 1 saturated heterocycles.